The van der Waals surface area contributed by atoms with Crippen LogP contribution in [0.3, 0.4) is 0 Å². The molecule has 3 rings (SSSR count). The van der Waals surface area contributed by atoms with Gasteiger partial charge < -0.3 is 14.2 Å². The molecular weight excluding hydrogens is 414 g/mol. The minimum absolute atomic E-state index is 0.253. The van der Waals surface area contributed by atoms with Gasteiger partial charge in [0.05, 0.1) is 19.8 Å². The predicted octanol–water partition coefficient (Wildman–Crippen LogP) is 4.97. The van der Waals surface area contributed by atoms with E-state index in [0.717, 1.165) is 18.0 Å². The van der Waals surface area contributed by atoms with Crippen LogP contribution in [0.25, 0.3) is 0 Å². The fraction of sp³-hybridized carbons (Fsp3) is 0.565. The first-order valence-corrected chi connectivity index (χ1v) is 11.9. The van der Waals surface area contributed by atoms with Crippen LogP contribution in [0.2, 0.25) is 0 Å². The van der Waals surface area contributed by atoms with E-state index in [4.69, 9.17) is 14.2 Å². The number of nitrogens with one attached hydrogen (secondary N) is 1. The molecule has 0 saturated carbocycles. The molecule has 7 nitrogen and oxygen atoms in total. The molecule has 1 unspecified atom stereocenters. The molecular formula is C23H33N3O4S. The fourth-order valence-corrected chi connectivity index (χ4v) is 4.55. The van der Waals surface area contributed by atoms with E-state index < -0.39 is 0 Å². The van der Waals surface area contributed by atoms with Crippen molar-refractivity contribution in [1.82, 2.24) is 9.88 Å². The van der Waals surface area contributed by atoms with Gasteiger partial charge >= 0.3 is 0 Å². The van der Waals surface area contributed by atoms with E-state index in [2.05, 4.69) is 22.1 Å². The fourth-order valence-electron chi connectivity index (χ4n) is 3.72. The minimum Gasteiger partial charge on any atom is -0.490 e. The zero-order valence-corrected chi connectivity index (χ0v) is 19.7. The summed E-state index contributed by atoms with van der Waals surface area (Å²) >= 11 is 1.52. The molecule has 1 fully saturated rings. The Morgan fingerprint density at radius 1 is 1.13 bits per heavy atom. The first kappa shape index (κ1) is 23.3. The monoisotopic (exact) mass is 447 g/mol. The number of piperidine rings is 1. The van der Waals surface area contributed by atoms with Gasteiger partial charge in [-0.15, -0.1) is 11.3 Å². The first-order valence-electron chi connectivity index (χ1n) is 11.1. The number of hydrogen-bond acceptors (Lipinski definition) is 7. The summed E-state index contributed by atoms with van der Waals surface area (Å²) in [5, 5.41) is 3.51. The van der Waals surface area contributed by atoms with Crippen LogP contribution in [-0.4, -0.2) is 48.2 Å². The Morgan fingerprint density at radius 3 is 2.42 bits per heavy atom. The van der Waals surface area contributed by atoms with Crippen molar-refractivity contribution in [2.75, 3.05) is 31.7 Å². The van der Waals surface area contributed by atoms with E-state index >= 15 is 0 Å². The second-order valence-corrected chi connectivity index (χ2v) is 8.62. The predicted molar refractivity (Wildman–Crippen MR) is 124 cm³/mol. The molecule has 1 aromatic heterocycles. The van der Waals surface area contributed by atoms with E-state index in [9.17, 15) is 4.79 Å². The quantitative estimate of drug-likeness (QED) is 0.555. The van der Waals surface area contributed by atoms with Crippen molar-refractivity contribution < 1.29 is 19.0 Å². The van der Waals surface area contributed by atoms with Gasteiger partial charge in [-0.3, -0.25) is 15.0 Å². The van der Waals surface area contributed by atoms with E-state index in [1.807, 2.05) is 27.0 Å². The number of carbonyl (C=O) groups excluding carboxylic acids is 1. The van der Waals surface area contributed by atoms with Crippen LogP contribution < -0.4 is 19.5 Å². The summed E-state index contributed by atoms with van der Waals surface area (Å²) < 4.78 is 17.1. The summed E-state index contributed by atoms with van der Waals surface area (Å²) in [6.45, 7) is 11.4. The molecule has 0 aliphatic carbocycles. The SMILES string of the molecule is CCOc1cc(C(=O)Nc2ncc(CN3CCCCC3C)s2)cc(OCC)c1OCC. The molecule has 1 saturated heterocycles. The van der Waals surface area contributed by atoms with Crippen molar-refractivity contribution in [3.63, 3.8) is 0 Å². The lowest BCUT2D eigenvalue weighted by atomic mass is 10.0. The lowest BCUT2D eigenvalue weighted by Gasteiger charge is -2.32. The maximum absolute atomic E-state index is 12.9. The van der Waals surface area contributed by atoms with Crippen molar-refractivity contribution in [2.24, 2.45) is 0 Å². The molecule has 1 aliphatic rings. The zero-order valence-electron chi connectivity index (χ0n) is 18.9. The van der Waals surface area contributed by atoms with Crippen molar-refractivity contribution in [3.05, 3.63) is 28.8 Å². The van der Waals surface area contributed by atoms with E-state index in [-0.39, 0.29) is 5.91 Å². The Hall–Kier alpha value is -2.32. The molecule has 8 heteroatoms. The number of benzene rings is 1. The average molecular weight is 448 g/mol. The first-order chi connectivity index (χ1) is 15.0. The van der Waals surface area contributed by atoms with Gasteiger partial charge in [0.15, 0.2) is 16.6 Å². The molecule has 170 valence electrons. The van der Waals surface area contributed by atoms with Gasteiger partial charge in [0.25, 0.3) is 5.91 Å². The number of nitrogens with zero attached hydrogens (tertiary/aromatic N) is 2. The Kier molecular flexibility index (Phi) is 8.54. The highest BCUT2D eigenvalue weighted by Gasteiger charge is 2.21. The second-order valence-electron chi connectivity index (χ2n) is 7.50. The van der Waals surface area contributed by atoms with E-state index in [1.165, 1.54) is 30.6 Å². The van der Waals surface area contributed by atoms with E-state index in [1.54, 1.807) is 12.1 Å². The molecule has 1 atom stereocenters. The summed E-state index contributed by atoms with van der Waals surface area (Å²) in [7, 11) is 0. The molecule has 1 N–H and O–H groups in total. The Morgan fingerprint density at radius 2 is 1.81 bits per heavy atom. The standard InChI is InChI=1S/C23H33N3O4S/c1-5-28-19-12-17(13-20(29-6-2)21(19)30-7-3)22(27)25-23-24-14-18(31-23)15-26-11-9-8-10-16(26)4/h12-14,16H,5-11,15H2,1-4H3,(H,24,25,27). The van der Waals surface area contributed by atoms with Gasteiger partial charge in [-0.2, -0.15) is 0 Å². The number of thiazole rings is 1. The Balaban J connectivity index is 1.74. The third-order valence-electron chi connectivity index (χ3n) is 5.24. The van der Waals surface area contributed by atoms with Gasteiger partial charge in [-0.05, 0) is 59.2 Å². The number of rotatable bonds is 10. The van der Waals surface area contributed by atoms with Crippen molar-refractivity contribution in [2.45, 2.75) is 59.5 Å². The van der Waals surface area contributed by atoms with Crippen LogP contribution in [0.15, 0.2) is 18.3 Å². The largest absolute Gasteiger partial charge is 0.490 e. The van der Waals surface area contributed by atoms with Crippen molar-refractivity contribution >= 4 is 22.4 Å². The number of carbonyl (C=O) groups is 1. The zero-order chi connectivity index (χ0) is 22.2. The normalized spacial score (nSPS) is 16.7. The van der Waals surface area contributed by atoms with Crippen LogP contribution >= 0.6 is 11.3 Å². The maximum atomic E-state index is 12.9. The molecule has 1 aliphatic heterocycles. The number of aromatic nitrogens is 1. The molecule has 1 amide bonds. The van der Waals surface area contributed by atoms with Crippen LogP contribution in [0.4, 0.5) is 5.13 Å². The van der Waals surface area contributed by atoms with Crippen molar-refractivity contribution in [1.29, 1.82) is 0 Å². The van der Waals surface area contributed by atoms with Gasteiger partial charge in [0, 0.05) is 29.2 Å². The molecule has 2 heterocycles. The van der Waals surface area contributed by atoms with Crippen LogP contribution in [0, 0.1) is 0 Å². The summed E-state index contributed by atoms with van der Waals surface area (Å²) in [6.07, 6.45) is 5.65. The number of amides is 1. The smallest absolute Gasteiger partial charge is 0.257 e. The highest BCUT2D eigenvalue weighted by Crippen LogP contribution is 2.39. The molecule has 1 aromatic carbocycles. The lowest BCUT2D eigenvalue weighted by molar-refractivity contribution is 0.102. The van der Waals surface area contributed by atoms with Gasteiger partial charge in [-0.25, -0.2) is 4.98 Å². The number of hydrogen-bond donors (Lipinski definition) is 1. The lowest BCUT2D eigenvalue weighted by Crippen LogP contribution is -2.36. The molecule has 2 aromatic rings. The van der Waals surface area contributed by atoms with Gasteiger partial charge in [-0.1, -0.05) is 6.42 Å². The second kappa shape index (κ2) is 11.3. The third-order valence-corrected chi connectivity index (χ3v) is 6.14. The summed E-state index contributed by atoms with van der Waals surface area (Å²) in [5.41, 5.74) is 0.441. The van der Waals surface area contributed by atoms with Crippen LogP contribution in [-0.2, 0) is 6.54 Å². The van der Waals surface area contributed by atoms with Crippen molar-refractivity contribution in [3.8, 4) is 17.2 Å². The Bertz CT molecular complexity index is 843. The van der Waals surface area contributed by atoms with Crippen LogP contribution in [0.5, 0.6) is 17.2 Å². The van der Waals surface area contributed by atoms with Gasteiger partial charge in [0.2, 0.25) is 5.75 Å². The molecule has 31 heavy (non-hydrogen) atoms. The molecule has 0 bridgehead atoms. The minimum atomic E-state index is -0.253. The van der Waals surface area contributed by atoms with Crippen LogP contribution in [0.1, 0.15) is 62.2 Å². The topological polar surface area (TPSA) is 72.9 Å². The van der Waals surface area contributed by atoms with Gasteiger partial charge in [0.1, 0.15) is 0 Å². The molecule has 0 radical (unpaired) electrons. The summed E-state index contributed by atoms with van der Waals surface area (Å²) in [4.78, 5) is 21.0. The Labute approximate surface area is 188 Å². The molecule has 0 spiro atoms. The summed E-state index contributed by atoms with van der Waals surface area (Å²) in [5.74, 6) is 1.27. The number of ether oxygens (including phenoxy) is 3. The number of likely N-dealkylation sites (tertiary alicyclic amines) is 1. The average Bonchev–Trinajstić information content (AvgIpc) is 3.19. The number of anilines is 1. The highest BCUT2D eigenvalue weighted by atomic mass is 32.1. The summed E-state index contributed by atoms with van der Waals surface area (Å²) in [6, 6.07) is 3.97. The maximum Gasteiger partial charge on any atom is 0.257 e. The third kappa shape index (κ3) is 6.11. The highest BCUT2D eigenvalue weighted by molar-refractivity contribution is 7.15. The van der Waals surface area contributed by atoms with E-state index in [0.29, 0.717) is 53.8 Å².